The number of carbonyl (C=O) groups is 1. The van der Waals surface area contributed by atoms with Crippen molar-refractivity contribution < 1.29 is 14.7 Å². The lowest BCUT2D eigenvalue weighted by molar-refractivity contribution is -0.145. The molecule has 0 aromatic carbocycles. The highest BCUT2D eigenvalue weighted by Crippen LogP contribution is 2.34. The van der Waals surface area contributed by atoms with Gasteiger partial charge in [0.15, 0.2) is 5.84 Å². The maximum Gasteiger partial charge on any atom is 0.236 e. The normalized spacial score (nSPS) is 30.2. The Morgan fingerprint density at radius 3 is 2.76 bits per heavy atom. The number of nitrogens with two attached hydrogens (primary N) is 1. The Balaban J connectivity index is 1.78. The van der Waals surface area contributed by atoms with E-state index in [9.17, 15) is 4.79 Å². The van der Waals surface area contributed by atoms with E-state index in [0.29, 0.717) is 32.1 Å². The van der Waals surface area contributed by atoms with Crippen LogP contribution in [-0.4, -0.2) is 72.2 Å². The second kappa shape index (κ2) is 5.81. The number of amidine groups is 1. The van der Waals surface area contributed by atoms with Gasteiger partial charge >= 0.3 is 0 Å². The number of hydrogen-bond donors (Lipinski definition) is 2. The van der Waals surface area contributed by atoms with Crippen molar-refractivity contribution in [3.63, 3.8) is 0 Å². The fourth-order valence-corrected chi connectivity index (χ4v) is 3.87. The second-order valence-corrected chi connectivity index (χ2v) is 6.26. The minimum absolute atomic E-state index is 0.00708. The number of piperazine rings is 1. The molecule has 0 aromatic heterocycles. The van der Waals surface area contributed by atoms with Crippen molar-refractivity contribution in [3.05, 3.63) is 0 Å². The van der Waals surface area contributed by atoms with E-state index >= 15 is 0 Å². The van der Waals surface area contributed by atoms with Gasteiger partial charge in [0.05, 0.1) is 0 Å². The van der Waals surface area contributed by atoms with Gasteiger partial charge < -0.3 is 20.6 Å². The molecule has 0 aliphatic carbocycles. The highest BCUT2D eigenvalue weighted by molar-refractivity contribution is 6.06. The van der Waals surface area contributed by atoms with Crippen LogP contribution in [0.1, 0.15) is 25.7 Å². The molecule has 0 spiro atoms. The number of ether oxygens (including phenoxy) is 1. The van der Waals surface area contributed by atoms with Crippen LogP contribution >= 0.6 is 0 Å². The average Bonchev–Trinajstić information content (AvgIpc) is 3.01. The molecule has 118 valence electrons. The van der Waals surface area contributed by atoms with Gasteiger partial charge in [0.1, 0.15) is 5.41 Å². The Bertz CT molecular complexity index is 434. The topological polar surface area (TPSA) is 91.4 Å². The smallest absolute Gasteiger partial charge is 0.236 e. The van der Waals surface area contributed by atoms with E-state index in [4.69, 9.17) is 15.7 Å². The number of rotatable bonds is 2. The van der Waals surface area contributed by atoms with Gasteiger partial charge in [0, 0.05) is 38.9 Å². The Morgan fingerprint density at radius 2 is 2.05 bits per heavy atom. The van der Waals surface area contributed by atoms with E-state index in [1.807, 2.05) is 4.90 Å². The van der Waals surface area contributed by atoms with Crippen molar-refractivity contribution in [2.75, 3.05) is 39.4 Å². The first-order valence-corrected chi connectivity index (χ1v) is 7.76. The van der Waals surface area contributed by atoms with Crippen LogP contribution in [-0.2, 0) is 9.53 Å². The summed E-state index contributed by atoms with van der Waals surface area (Å²) >= 11 is 0. The van der Waals surface area contributed by atoms with Crippen LogP contribution in [0.4, 0.5) is 0 Å². The third-order valence-electron chi connectivity index (χ3n) is 5.23. The summed E-state index contributed by atoms with van der Waals surface area (Å²) in [6, 6.07) is 0.479. The SMILES string of the molecule is NC(=NO)C1(C(=O)N2CCN3CCCC3C2)CCOCC1. The standard InChI is InChI=1S/C14H24N4O3/c15-12(16-20)14(3-8-21-9-4-14)13(19)18-7-6-17-5-1-2-11(17)10-18/h11,20H,1-10H2,(H2,15,16). The molecule has 3 rings (SSSR count). The molecule has 3 aliphatic rings. The van der Waals surface area contributed by atoms with Gasteiger partial charge in [-0.15, -0.1) is 0 Å². The lowest BCUT2D eigenvalue weighted by Gasteiger charge is -2.43. The minimum atomic E-state index is -0.881. The Morgan fingerprint density at radius 1 is 1.29 bits per heavy atom. The molecule has 1 atom stereocenters. The van der Waals surface area contributed by atoms with Crippen LogP contribution in [0.3, 0.4) is 0 Å². The van der Waals surface area contributed by atoms with Gasteiger partial charge in [-0.25, -0.2) is 0 Å². The van der Waals surface area contributed by atoms with Crippen LogP contribution in [0.25, 0.3) is 0 Å². The largest absolute Gasteiger partial charge is 0.409 e. The molecule has 0 saturated carbocycles. The number of oxime groups is 1. The molecule has 7 heteroatoms. The van der Waals surface area contributed by atoms with Crippen molar-refractivity contribution in [2.45, 2.75) is 31.7 Å². The van der Waals surface area contributed by atoms with E-state index in [-0.39, 0.29) is 11.7 Å². The predicted molar refractivity (Wildman–Crippen MR) is 77.1 cm³/mol. The minimum Gasteiger partial charge on any atom is -0.409 e. The third-order valence-corrected chi connectivity index (χ3v) is 5.23. The number of carbonyl (C=O) groups excluding carboxylic acids is 1. The summed E-state index contributed by atoms with van der Waals surface area (Å²) < 4.78 is 5.36. The molecule has 0 radical (unpaired) electrons. The summed E-state index contributed by atoms with van der Waals surface area (Å²) in [5.74, 6) is 0.0392. The zero-order valence-corrected chi connectivity index (χ0v) is 12.3. The lowest BCUT2D eigenvalue weighted by atomic mass is 9.77. The molecule has 3 heterocycles. The molecule has 3 saturated heterocycles. The molecule has 7 nitrogen and oxygen atoms in total. The highest BCUT2D eigenvalue weighted by Gasteiger charge is 2.48. The molecule has 3 N–H and O–H groups in total. The molecular weight excluding hydrogens is 272 g/mol. The zero-order chi connectivity index (χ0) is 14.9. The highest BCUT2D eigenvalue weighted by atomic mass is 16.5. The van der Waals surface area contributed by atoms with E-state index in [1.165, 1.54) is 6.42 Å². The second-order valence-electron chi connectivity index (χ2n) is 6.26. The molecule has 1 amide bonds. The third kappa shape index (κ3) is 2.48. The van der Waals surface area contributed by atoms with Gasteiger partial charge in [-0.05, 0) is 32.2 Å². The monoisotopic (exact) mass is 296 g/mol. The van der Waals surface area contributed by atoms with Gasteiger partial charge in [-0.2, -0.15) is 0 Å². The summed E-state index contributed by atoms with van der Waals surface area (Å²) in [5, 5.41) is 12.2. The maximum atomic E-state index is 13.0. The molecule has 21 heavy (non-hydrogen) atoms. The predicted octanol–water partition coefficient (Wildman–Crippen LogP) is -0.164. The number of hydrogen-bond acceptors (Lipinski definition) is 5. The van der Waals surface area contributed by atoms with Crippen molar-refractivity contribution >= 4 is 11.7 Å². The van der Waals surface area contributed by atoms with E-state index in [2.05, 4.69) is 10.1 Å². The molecular formula is C14H24N4O3. The van der Waals surface area contributed by atoms with Crippen LogP contribution < -0.4 is 5.73 Å². The number of amides is 1. The van der Waals surface area contributed by atoms with Crippen molar-refractivity contribution in [1.82, 2.24) is 9.80 Å². The van der Waals surface area contributed by atoms with Crippen molar-refractivity contribution in [2.24, 2.45) is 16.3 Å². The molecule has 0 bridgehead atoms. The van der Waals surface area contributed by atoms with Gasteiger partial charge in [0.2, 0.25) is 5.91 Å². The lowest BCUT2D eigenvalue weighted by Crippen LogP contribution is -2.59. The first-order valence-electron chi connectivity index (χ1n) is 7.76. The Labute approximate surface area is 124 Å². The van der Waals surface area contributed by atoms with Crippen molar-refractivity contribution in [1.29, 1.82) is 0 Å². The Kier molecular flexibility index (Phi) is 4.03. The molecule has 3 aliphatic heterocycles. The van der Waals surface area contributed by atoms with E-state index in [0.717, 1.165) is 32.6 Å². The van der Waals surface area contributed by atoms with Crippen LogP contribution in [0.15, 0.2) is 5.16 Å². The summed E-state index contributed by atoms with van der Waals surface area (Å²) in [6.45, 7) is 4.53. The van der Waals surface area contributed by atoms with Crippen LogP contribution in [0.5, 0.6) is 0 Å². The average molecular weight is 296 g/mol. The summed E-state index contributed by atoms with van der Waals surface area (Å²) in [4.78, 5) is 17.4. The van der Waals surface area contributed by atoms with Gasteiger partial charge in [-0.3, -0.25) is 9.69 Å². The number of fused-ring (bicyclic) bond motifs is 1. The maximum absolute atomic E-state index is 13.0. The van der Waals surface area contributed by atoms with Gasteiger partial charge in [-0.1, -0.05) is 5.16 Å². The van der Waals surface area contributed by atoms with E-state index < -0.39 is 5.41 Å². The zero-order valence-electron chi connectivity index (χ0n) is 12.3. The first-order chi connectivity index (χ1) is 10.2. The number of nitrogens with zero attached hydrogens (tertiary/aromatic N) is 3. The van der Waals surface area contributed by atoms with E-state index in [1.54, 1.807) is 0 Å². The fraction of sp³-hybridized carbons (Fsp3) is 0.857. The van der Waals surface area contributed by atoms with Gasteiger partial charge in [0.25, 0.3) is 0 Å². The summed E-state index contributed by atoms with van der Waals surface area (Å²) in [7, 11) is 0. The summed E-state index contributed by atoms with van der Waals surface area (Å²) in [6.07, 6.45) is 3.36. The molecule has 1 unspecified atom stereocenters. The molecule has 3 fully saturated rings. The first kappa shape index (κ1) is 14.6. The summed E-state index contributed by atoms with van der Waals surface area (Å²) in [5.41, 5.74) is 5.00. The fourth-order valence-electron chi connectivity index (χ4n) is 3.87. The molecule has 0 aromatic rings. The Hall–Kier alpha value is -1.34. The van der Waals surface area contributed by atoms with Crippen LogP contribution in [0, 0.1) is 5.41 Å². The van der Waals surface area contributed by atoms with Crippen LogP contribution in [0.2, 0.25) is 0 Å². The van der Waals surface area contributed by atoms with Crippen molar-refractivity contribution in [3.8, 4) is 0 Å². The quantitative estimate of drug-likeness (QED) is 0.320.